The molecule has 29 heavy (non-hydrogen) atoms. The summed E-state index contributed by atoms with van der Waals surface area (Å²) in [6.07, 6.45) is 4.04. The normalized spacial score (nSPS) is 33.1. The summed E-state index contributed by atoms with van der Waals surface area (Å²) in [4.78, 5) is 50.5. The number of rotatable bonds is 5. The Balaban J connectivity index is 2.06. The van der Waals surface area contributed by atoms with E-state index in [0.717, 1.165) is 6.42 Å². The van der Waals surface area contributed by atoms with Gasteiger partial charge in [0, 0.05) is 38.5 Å². The molecule has 160 valence electrons. The molecule has 0 amide bonds. The highest BCUT2D eigenvalue weighted by Gasteiger charge is 2.70. The number of carbonyl (C=O) groups is 4. The van der Waals surface area contributed by atoms with Crippen LogP contribution in [-0.4, -0.2) is 43.7 Å². The van der Waals surface area contributed by atoms with Crippen LogP contribution in [0.3, 0.4) is 0 Å². The van der Waals surface area contributed by atoms with Gasteiger partial charge in [0.1, 0.15) is 11.2 Å². The van der Waals surface area contributed by atoms with Crippen LogP contribution in [-0.2, 0) is 38.1 Å². The Morgan fingerprint density at radius 1 is 1.14 bits per heavy atom. The van der Waals surface area contributed by atoms with E-state index in [1.807, 2.05) is 0 Å². The molecular formula is C21H28O8. The van der Waals surface area contributed by atoms with E-state index >= 15 is 0 Å². The van der Waals surface area contributed by atoms with Crippen molar-refractivity contribution in [2.45, 2.75) is 64.6 Å². The highest BCUT2D eigenvalue weighted by Crippen LogP contribution is 2.65. The van der Waals surface area contributed by atoms with E-state index in [1.165, 1.54) is 20.3 Å². The van der Waals surface area contributed by atoms with Crippen LogP contribution in [0.4, 0.5) is 0 Å². The number of methoxy groups -OCH3 is 2. The van der Waals surface area contributed by atoms with E-state index in [2.05, 4.69) is 0 Å². The van der Waals surface area contributed by atoms with E-state index < -0.39 is 40.4 Å². The van der Waals surface area contributed by atoms with Crippen LogP contribution in [0.5, 0.6) is 0 Å². The van der Waals surface area contributed by atoms with E-state index in [-0.39, 0.29) is 25.0 Å². The lowest BCUT2D eigenvalue weighted by atomic mass is 9.50. The Morgan fingerprint density at radius 3 is 2.48 bits per heavy atom. The predicted molar refractivity (Wildman–Crippen MR) is 99.1 cm³/mol. The van der Waals surface area contributed by atoms with E-state index in [0.29, 0.717) is 25.0 Å². The van der Waals surface area contributed by atoms with Gasteiger partial charge < -0.3 is 18.9 Å². The van der Waals surface area contributed by atoms with Crippen LogP contribution < -0.4 is 0 Å². The van der Waals surface area contributed by atoms with Gasteiger partial charge in [-0.1, -0.05) is 6.42 Å². The van der Waals surface area contributed by atoms with Gasteiger partial charge in [-0.05, 0) is 25.2 Å². The number of esters is 3. The zero-order valence-electron chi connectivity index (χ0n) is 17.4. The summed E-state index contributed by atoms with van der Waals surface area (Å²) in [7, 11) is 2.54. The Morgan fingerprint density at radius 2 is 1.86 bits per heavy atom. The quantitative estimate of drug-likeness (QED) is 0.388. The molecule has 0 unspecified atom stereocenters. The maximum absolute atomic E-state index is 13.2. The lowest BCUT2D eigenvalue weighted by Crippen LogP contribution is -2.57. The van der Waals surface area contributed by atoms with Crippen molar-refractivity contribution in [2.75, 3.05) is 14.2 Å². The first-order chi connectivity index (χ1) is 13.6. The minimum Gasteiger partial charge on any atom is -0.469 e. The standard InChI is InChI=1S/C21H28O8/c1-19(2)28-14(11-17(24)29-19)12-20-8-5-6-13(10-16(23)26-3)21(20,18(25)27-4)15(22)7-9-20/h11,13H,5-10,12H2,1-4H3/t13-,20-,21+/m0/s1. The molecule has 1 heterocycles. The van der Waals surface area contributed by atoms with Crippen LogP contribution in [0.25, 0.3) is 0 Å². The highest BCUT2D eigenvalue weighted by atomic mass is 16.7. The number of ether oxygens (including phenoxy) is 4. The summed E-state index contributed by atoms with van der Waals surface area (Å²) in [5.41, 5.74) is -2.24. The number of hydrogen-bond acceptors (Lipinski definition) is 8. The molecule has 0 bridgehead atoms. The van der Waals surface area contributed by atoms with E-state index in [9.17, 15) is 19.2 Å². The molecule has 0 spiro atoms. The minimum atomic E-state index is -1.45. The summed E-state index contributed by atoms with van der Waals surface area (Å²) < 4.78 is 20.9. The van der Waals surface area contributed by atoms with Gasteiger partial charge in [0.15, 0.2) is 5.78 Å². The van der Waals surface area contributed by atoms with Gasteiger partial charge in [0.05, 0.1) is 20.3 Å². The average Bonchev–Trinajstić information content (AvgIpc) is 2.93. The number of fused-ring (bicyclic) bond motifs is 1. The topological polar surface area (TPSA) is 105 Å². The van der Waals surface area contributed by atoms with Gasteiger partial charge in [-0.15, -0.1) is 0 Å². The smallest absolute Gasteiger partial charge is 0.337 e. The lowest BCUT2D eigenvalue weighted by Gasteiger charge is -2.51. The summed E-state index contributed by atoms with van der Waals surface area (Å²) in [6, 6.07) is 0. The van der Waals surface area contributed by atoms with Crippen molar-refractivity contribution in [1.82, 2.24) is 0 Å². The fraction of sp³-hybridized carbons (Fsp3) is 0.714. The van der Waals surface area contributed by atoms with Gasteiger partial charge in [-0.2, -0.15) is 0 Å². The van der Waals surface area contributed by atoms with Gasteiger partial charge in [-0.3, -0.25) is 14.4 Å². The molecule has 2 aliphatic carbocycles. The Hall–Kier alpha value is -2.38. The van der Waals surface area contributed by atoms with Gasteiger partial charge in [0.25, 0.3) is 0 Å². The summed E-state index contributed by atoms with van der Waals surface area (Å²) in [5, 5.41) is 0. The fourth-order valence-corrected chi connectivity index (χ4v) is 5.63. The van der Waals surface area contributed by atoms with Crippen molar-refractivity contribution >= 4 is 23.7 Å². The number of cyclic esters (lactones) is 1. The van der Waals surface area contributed by atoms with Crippen LogP contribution in [0.15, 0.2) is 11.8 Å². The third kappa shape index (κ3) is 3.42. The minimum absolute atomic E-state index is 0.0352. The third-order valence-corrected chi connectivity index (χ3v) is 6.59. The molecule has 0 N–H and O–H groups in total. The van der Waals surface area contributed by atoms with Gasteiger partial charge in [-0.25, -0.2) is 4.79 Å². The monoisotopic (exact) mass is 408 g/mol. The van der Waals surface area contributed by atoms with Crippen molar-refractivity contribution in [1.29, 1.82) is 0 Å². The number of Topliss-reactive ketones (excluding diaryl/α,β-unsaturated/α-hetero) is 1. The zero-order chi connectivity index (χ0) is 21.4. The highest BCUT2D eigenvalue weighted by molar-refractivity contribution is 6.07. The number of hydrogen-bond donors (Lipinski definition) is 0. The molecule has 0 aromatic heterocycles. The van der Waals surface area contributed by atoms with Crippen LogP contribution in [0.2, 0.25) is 0 Å². The molecule has 0 saturated heterocycles. The molecule has 0 aromatic carbocycles. The molecular weight excluding hydrogens is 380 g/mol. The maximum Gasteiger partial charge on any atom is 0.337 e. The lowest BCUT2D eigenvalue weighted by molar-refractivity contribution is -0.209. The molecule has 3 aliphatic rings. The average molecular weight is 408 g/mol. The second kappa shape index (κ2) is 7.46. The second-order valence-electron chi connectivity index (χ2n) is 8.58. The molecule has 3 atom stereocenters. The first-order valence-corrected chi connectivity index (χ1v) is 9.91. The summed E-state index contributed by atoms with van der Waals surface area (Å²) >= 11 is 0. The number of ketones is 1. The maximum atomic E-state index is 13.2. The predicted octanol–water partition coefficient (Wildman–Crippen LogP) is 2.44. The van der Waals surface area contributed by atoms with Crippen molar-refractivity contribution in [3.63, 3.8) is 0 Å². The number of allylic oxidation sites excluding steroid dienone is 1. The Labute approximate surface area is 169 Å². The second-order valence-corrected chi connectivity index (χ2v) is 8.58. The largest absolute Gasteiger partial charge is 0.469 e. The molecule has 2 saturated carbocycles. The summed E-state index contributed by atoms with van der Waals surface area (Å²) in [6.45, 7) is 3.26. The van der Waals surface area contributed by atoms with Crippen molar-refractivity contribution in [3.8, 4) is 0 Å². The number of carbonyl (C=O) groups excluding carboxylic acids is 4. The van der Waals surface area contributed by atoms with Gasteiger partial charge in [0.2, 0.25) is 5.79 Å². The summed E-state index contributed by atoms with van der Waals surface area (Å²) in [5.74, 6) is -3.09. The zero-order valence-corrected chi connectivity index (χ0v) is 17.4. The Kier molecular flexibility index (Phi) is 5.49. The SMILES string of the molecule is COC(=O)C[C@@H]1CCC[C@@]2(CC3=CC(=O)OC(C)(C)O3)CCC(=O)[C@@]12C(=O)OC. The molecule has 2 fully saturated rings. The van der Waals surface area contributed by atoms with Crippen molar-refractivity contribution in [3.05, 3.63) is 11.8 Å². The molecule has 3 rings (SSSR count). The van der Waals surface area contributed by atoms with E-state index in [1.54, 1.807) is 13.8 Å². The molecule has 8 nitrogen and oxygen atoms in total. The molecule has 1 aliphatic heterocycles. The van der Waals surface area contributed by atoms with Gasteiger partial charge >= 0.3 is 17.9 Å². The fourth-order valence-electron chi connectivity index (χ4n) is 5.63. The van der Waals surface area contributed by atoms with Crippen molar-refractivity contribution < 1.29 is 38.1 Å². The Bertz CT molecular complexity index is 767. The molecule has 8 heteroatoms. The molecule has 0 aromatic rings. The van der Waals surface area contributed by atoms with Crippen LogP contribution in [0, 0.1) is 16.7 Å². The first-order valence-electron chi connectivity index (χ1n) is 9.91. The third-order valence-electron chi connectivity index (χ3n) is 6.59. The first kappa shape index (κ1) is 21.3. The van der Waals surface area contributed by atoms with Crippen LogP contribution in [0.1, 0.15) is 58.8 Å². The van der Waals surface area contributed by atoms with E-state index in [4.69, 9.17) is 18.9 Å². The van der Waals surface area contributed by atoms with Crippen molar-refractivity contribution in [2.24, 2.45) is 16.7 Å². The van der Waals surface area contributed by atoms with Crippen LogP contribution >= 0.6 is 0 Å². The molecule has 0 radical (unpaired) electrons.